The van der Waals surface area contributed by atoms with E-state index in [2.05, 4.69) is 22.9 Å². The van der Waals surface area contributed by atoms with Gasteiger partial charge < -0.3 is 0 Å². The molecule has 0 aliphatic carbocycles. The average Bonchev–Trinajstić information content (AvgIpc) is 2.95. The lowest BCUT2D eigenvalue weighted by atomic mass is 10.5. The third-order valence-corrected chi connectivity index (χ3v) is 5.06. The summed E-state index contributed by atoms with van der Waals surface area (Å²) in [5.41, 5.74) is 0. The van der Waals surface area contributed by atoms with Crippen LogP contribution in [0.2, 0.25) is 0 Å². The molecule has 0 fully saturated rings. The first-order valence-electron chi connectivity index (χ1n) is 5.28. The van der Waals surface area contributed by atoms with Crippen molar-refractivity contribution in [2.75, 3.05) is 0 Å². The number of hydrogen-bond acceptors (Lipinski definition) is 3. The second-order valence-electron chi connectivity index (χ2n) is 2.33. The molecule has 82 valence electrons. The van der Waals surface area contributed by atoms with E-state index in [9.17, 15) is 0 Å². The molecule has 0 saturated carbocycles. The second kappa shape index (κ2) is 6.26. The SMILES string of the molecule is CC.CC.c1cc2sc3ccsc3c2s1. The fraction of sp³-hybridized carbons (Fsp3) is 0.333. The van der Waals surface area contributed by atoms with Crippen LogP contribution in [-0.2, 0) is 0 Å². The molecule has 0 aromatic carbocycles. The van der Waals surface area contributed by atoms with E-state index in [0.717, 1.165) is 0 Å². The standard InChI is InChI=1S/C8H4S3.2C2H6/c1-3-9-7-5(1)11-6-2-4-10-8(6)7;2*1-2/h1-4H;2*1-2H3. The van der Waals surface area contributed by atoms with Gasteiger partial charge in [0.05, 0.1) is 9.40 Å². The molecule has 0 N–H and O–H groups in total. The third-order valence-electron chi connectivity index (χ3n) is 1.68. The molecule has 0 bridgehead atoms. The van der Waals surface area contributed by atoms with E-state index < -0.39 is 0 Å². The summed E-state index contributed by atoms with van der Waals surface area (Å²) in [6, 6.07) is 4.41. The van der Waals surface area contributed by atoms with Crippen LogP contribution in [0.4, 0.5) is 0 Å². The normalized spacial score (nSPS) is 9.33. The summed E-state index contributed by atoms with van der Waals surface area (Å²) in [7, 11) is 0. The van der Waals surface area contributed by atoms with Crippen molar-refractivity contribution in [1.82, 2.24) is 0 Å². The van der Waals surface area contributed by atoms with Gasteiger partial charge in [-0.2, -0.15) is 0 Å². The molecule has 0 atom stereocenters. The van der Waals surface area contributed by atoms with Crippen LogP contribution in [0.25, 0.3) is 18.8 Å². The Hall–Kier alpha value is -0.380. The zero-order valence-corrected chi connectivity index (χ0v) is 12.0. The highest BCUT2D eigenvalue weighted by atomic mass is 32.1. The fourth-order valence-electron chi connectivity index (χ4n) is 1.21. The number of fused-ring (bicyclic) bond motifs is 3. The van der Waals surface area contributed by atoms with Gasteiger partial charge in [0.1, 0.15) is 0 Å². The van der Waals surface area contributed by atoms with E-state index in [-0.39, 0.29) is 0 Å². The van der Waals surface area contributed by atoms with Gasteiger partial charge in [0.15, 0.2) is 0 Å². The molecule has 0 saturated heterocycles. The van der Waals surface area contributed by atoms with Crippen molar-refractivity contribution >= 4 is 52.8 Å². The largest absolute Gasteiger partial charge is 0.141 e. The molecule has 3 heteroatoms. The molecule has 0 aliphatic rings. The maximum atomic E-state index is 2.21. The van der Waals surface area contributed by atoms with Gasteiger partial charge in [-0.25, -0.2) is 0 Å². The molecular formula is C12H16S3. The van der Waals surface area contributed by atoms with Gasteiger partial charge in [-0.1, -0.05) is 27.7 Å². The van der Waals surface area contributed by atoms with Crippen molar-refractivity contribution < 1.29 is 0 Å². The van der Waals surface area contributed by atoms with E-state index in [1.54, 1.807) is 0 Å². The van der Waals surface area contributed by atoms with E-state index in [4.69, 9.17) is 0 Å². The van der Waals surface area contributed by atoms with Crippen molar-refractivity contribution in [2.45, 2.75) is 27.7 Å². The Bertz CT molecular complexity index is 454. The Morgan fingerprint density at radius 3 is 1.53 bits per heavy atom. The minimum atomic E-state index is 1.44. The van der Waals surface area contributed by atoms with Gasteiger partial charge in [0, 0.05) is 9.40 Å². The van der Waals surface area contributed by atoms with Crippen LogP contribution in [0.3, 0.4) is 0 Å². The first-order valence-corrected chi connectivity index (χ1v) is 7.86. The van der Waals surface area contributed by atoms with Crippen LogP contribution in [0.1, 0.15) is 27.7 Å². The topological polar surface area (TPSA) is 0 Å². The van der Waals surface area contributed by atoms with Crippen LogP contribution in [0.5, 0.6) is 0 Å². The van der Waals surface area contributed by atoms with E-state index >= 15 is 0 Å². The van der Waals surface area contributed by atoms with E-state index in [1.165, 1.54) is 18.8 Å². The van der Waals surface area contributed by atoms with Crippen LogP contribution in [-0.4, -0.2) is 0 Å². The highest BCUT2D eigenvalue weighted by Gasteiger charge is 2.05. The maximum absolute atomic E-state index is 2.21. The minimum absolute atomic E-state index is 1.44. The van der Waals surface area contributed by atoms with Crippen LogP contribution < -0.4 is 0 Å². The summed E-state index contributed by atoms with van der Waals surface area (Å²) in [6.45, 7) is 8.00. The number of rotatable bonds is 0. The highest BCUT2D eigenvalue weighted by Crippen LogP contribution is 2.39. The molecule has 0 aliphatic heterocycles. The molecule has 0 spiro atoms. The molecule has 15 heavy (non-hydrogen) atoms. The first-order chi connectivity index (χ1) is 7.45. The van der Waals surface area contributed by atoms with Gasteiger partial charge in [-0.15, -0.1) is 34.0 Å². The molecule has 3 heterocycles. The lowest BCUT2D eigenvalue weighted by Crippen LogP contribution is -1.39. The number of thiophene rings is 3. The van der Waals surface area contributed by atoms with Crippen molar-refractivity contribution in [3.8, 4) is 0 Å². The summed E-state index contributed by atoms with van der Waals surface area (Å²) in [6.07, 6.45) is 0. The quantitative estimate of drug-likeness (QED) is 0.447. The zero-order chi connectivity index (χ0) is 11.3. The molecule has 3 aromatic rings. The summed E-state index contributed by atoms with van der Waals surface area (Å²) >= 11 is 5.59. The maximum Gasteiger partial charge on any atom is 0.0629 e. The molecule has 0 unspecified atom stereocenters. The molecule has 0 amide bonds. The Labute approximate surface area is 103 Å². The highest BCUT2D eigenvalue weighted by molar-refractivity contribution is 7.37. The monoisotopic (exact) mass is 256 g/mol. The average molecular weight is 256 g/mol. The predicted molar refractivity (Wildman–Crippen MR) is 77.8 cm³/mol. The van der Waals surface area contributed by atoms with Crippen molar-refractivity contribution in [3.63, 3.8) is 0 Å². The molecule has 0 radical (unpaired) electrons. The molecule has 0 nitrogen and oxygen atoms in total. The van der Waals surface area contributed by atoms with Gasteiger partial charge in [0.25, 0.3) is 0 Å². The molecule has 3 rings (SSSR count). The van der Waals surface area contributed by atoms with Crippen molar-refractivity contribution in [1.29, 1.82) is 0 Å². The van der Waals surface area contributed by atoms with Crippen LogP contribution in [0.15, 0.2) is 22.9 Å². The Balaban J connectivity index is 0.000000255. The summed E-state index contributed by atoms with van der Waals surface area (Å²) < 4.78 is 5.83. The predicted octanol–water partition coefficient (Wildman–Crippen LogP) is 6.23. The van der Waals surface area contributed by atoms with E-state index in [1.807, 2.05) is 61.7 Å². The van der Waals surface area contributed by atoms with Gasteiger partial charge >= 0.3 is 0 Å². The zero-order valence-electron chi connectivity index (χ0n) is 9.53. The number of hydrogen-bond donors (Lipinski definition) is 0. The smallest absolute Gasteiger partial charge is 0.0629 e. The van der Waals surface area contributed by atoms with Crippen LogP contribution in [0, 0.1) is 0 Å². The minimum Gasteiger partial charge on any atom is -0.141 e. The third kappa shape index (κ3) is 2.41. The van der Waals surface area contributed by atoms with Crippen molar-refractivity contribution in [3.05, 3.63) is 22.9 Å². The second-order valence-corrected chi connectivity index (χ2v) is 5.25. The summed E-state index contributed by atoms with van der Waals surface area (Å²) in [5, 5.41) is 4.33. The van der Waals surface area contributed by atoms with Gasteiger partial charge in [0.2, 0.25) is 0 Å². The first kappa shape index (κ1) is 12.7. The molecular weight excluding hydrogens is 240 g/mol. The van der Waals surface area contributed by atoms with Gasteiger partial charge in [-0.05, 0) is 22.9 Å². The Kier molecular flexibility index (Phi) is 5.29. The fourth-order valence-corrected chi connectivity index (χ4v) is 4.72. The molecule has 3 aromatic heterocycles. The van der Waals surface area contributed by atoms with Gasteiger partial charge in [-0.3, -0.25) is 0 Å². The Morgan fingerprint density at radius 2 is 1.13 bits per heavy atom. The lowest BCUT2D eigenvalue weighted by molar-refractivity contribution is 1.50. The summed E-state index contributed by atoms with van der Waals surface area (Å²) in [4.78, 5) is 0. The van der Waals surface area contributed by atoms with Crippen LogP contribution >= 0.6 is 34.0 Å². The van der Waals surface area contributed by atoms with E-state index in [0.29, 0.717) is 0 Å². The van der Waals surface area contributed by atoms with Crippen molar-refractivity contribution in [2.24, 2.45) is 0 Å². The lowest BCUT2D eigenvalue weighted by Gasteiger charge is -1.71. The Morgan fingerprint density at radius 1 is 0.733 bits per heavy atom. The summed E-state index contributed by atoms with van der Waals surface area (Å²) in [5.74, 6) is 0.